The van der Waals surface area contributed by atoms with Crippen molar-refractivity contribution in [3.8, 4) is 5.75 Å². The number of carbonyl (C=O) groups is 4. The fourth-order valence-corrected chi connectivity index (χ4v) is 4.37. The normalized spacial score (nSPS) is 13.2. The van der Waals surface area contributed by atoms with Gasteiger partial charge in [0, 0.05) is 25.9 Å². The number of hydrogen-bond acceptors (Lipinski definition) is 8. The molecular weight excluding hydrogens is 596 g/mol. The lowest BCUT2D eigenvalue weighted by molar-refractivity contribution is -0.142. The number of amides is 3. The minimum atomic E-state index is -1.29. The van der Waals surface area contributed by atoms with Crippen molar-refractivity contribution in [2.75, 3.05) is 13.1 Å². The number of carboxylic acid groups (broad SMARTS) is 1. The average molecular weight is 641 g/mol. The highest BCUT2D eigenvalue weighted by atomic mass is 16.4. The maximum absolute atomic E-state index is 13.7. The Hall–Kier alpha value is -5.38. The molecule has 2 aromatic rings. The highest BCUT2D eigenvalue weighted by Gasteiger charge is 2.30. The number of benzene rings is 2. The molecule has 0 spiro atoms. The van der Waals surface area contributed by atoms with Gasteiger partial charge in [-0.3, -0.25) is 24.4 Å². The van der Waals surface area contributed by atoms with Gasteiger partial charge in [0.05, 0.1) is 6.04 Å². The Morgan fingerprint density at radius 3 is 1.61 bits per heavy atom. The van der Waals surface area contributed by atoms with Crippen molar-refractivity contribution in [2.24, 2.45) is 38.7 Å². The van der Waals surface area contributed by atoms with Gasteiger partial charge >= 0.3 is 5.97 Å². The van der Waals surface area contributed by atoms with Crippen LogP contribution in [0.25, 0.3) is 0 Å². The first-order valence-corrected chi connectivity index (χ1v) is 14.7. The second-order valence-electron chi connectivity index (χ2n) is 10.6. The number of phenols is 1. The zero-order valence-corrected chi connectivity index (χ0v) is 25.5. The van der Waals surface area contributed by atoms with Gasteiger partial charge in [-0.15, -0.1) is 0 Å². The molecule has 0 saturated carbocycles. The molecule has 0 aliphatic heterocycles. The molecule has 0 bridgehead atoms. The van der Waals surface area contributed by atoms with Crippen LogP contribution in [0.15, 0.2) is 64.6 Å². The summed E-state index contributed by atoms with van der Waals surface area (Å²) in [7, 11) is 0. The van der Waals surface area contributed by atoms with Crippen molar-refractivity contribution in [1.29, 1.82) is 0 Å². The van der Waals surface area contributed by atoms with Crippen LogP contribution in [0, 0.1) is 0 Å². The number of carboxylic acids is 1. The van der Waals surface area contributed by atoms with Crippen molar-refractivity contribution in [3.05, 3.63) is 65.7 Å². The molecule has 16 heteroatoms. The molecule has 16 nitrogen and oxygen atoms in total. The van der Waals surface area contributed by atoms with Crippen LogP contribution in [-0.2, 0) is 32.0 Å². The van der Waals surface area contributed by atoms with E-state index in [9.17, 15) is 29.4 Å². The van der Waals surface area contributed by atoms with Crippen molar-refractivity contribution >= 4 is 35.6 Å². The van der Waals surface area contributed by atoms with E-state index < -0.39 is 47.9 Å². The summed E-state index contributed by atoms with van der Waals surface area (Å²) in [4.78, 5) is 59.8. The number of nitrogens with one attached hydrogen (secondary N) is 3. The van der Waals surface area contributed by atoms with E-state index in [2.05, 4.69) is 25.9 Å². The summed E-state index contributed by atoms with van der Waals surface area (Å²) < 4.78 is 0. The summed E-state index contributed by atoms with van der Waals surface area (Å²) in [5, 5.41) is 27.2. The molecule has 4 atom stereocenters. The molecule has 2 aromatic carbocycles. The lowest BCUT2D eigenvalue weighted by Crippen LogP contribution is -2.58. The number of phenolic OH excluding ortho intramolecular Hbond substituents is 1. The Labute approximate surface area is 266 Å². The molecule has 3 amide bonds. The minimum absolute atomic E-state index is 0.000721. The zero-order valence-electron chi connectivity index (χ0n) is 25.5. The molecule has 0 radical (unpaired) electrons. The van der Waals surface area contributed by atoms with Gasteiger partial charge in [0.2, 0.25) is 17.7 Å². The number of hydrogen-bond donors (Lipinski definition) is 10. The molecule has 0 aromatic heterocycles. The Morgan fingerprint density at radius 2 is 1.11 bits per heavy atom. The summed E-state index contributed by atoms with van der Waals surface area (Å²) >= 11 is 0. The van der Waals surface area contributed by atoms with Crippen LogP contribution in [0.4, 0.5) is 0 Å². The van der Waals surface area contributed by atoms with E-state index in [1.54, 1.807) is 42.5 Å². The maximum atomic E-state index is 13.7. The lowest BCUT2D eigenvalue weighted by atomic mass is 10.0. The van der Waals surface area contributed by atoms with Gasteiger partial charge in [-0.05, 0) is 48.9 Å². The van der Waals surface area contributed by atoms with Gasteiger partial charge < -0.3 is 54.8 Å². The molecule has 0 fully saturated rings. The third-order valence-electron chi connectivity index (χ3n) is 6.79. The second-order valence-corrected chi connectivity index (χ2v) is 10.6. The van der Waals surface area contributed by atoms with E-state index in [0.717, 1.165) is 5.56 Å². The summed E-state index contributed by atoms with van der Waals surface area (Å²) in [6.07, 6.45) is 0.984. The zero-order chi connectivity index (χ0) is 34.1. The molecule has 46 heavy (non-hydrogen) atoms. The molecule has 250 valence electrons. The van der Waals surface area contributed by atoms with Crippen LogP contribution in [-0.4, -0.2) is 83.1 Å². The Balaban J connectivity index is 2.27. The third kappa shape index (κ3) is 13.9. The van der Waals surface area contributed by atoms with Crippen LogP contribution in [0.3, 0.4) is 0 Å². The van der Waals surface area contributed by atoms with Gasteiger partial charge in [0.1, 0.15) is 23.9 Å². The van der Waals surface area contributed by atoms with E-state index in [0.29, 0.717) is 12.0 Å². The number of aliphatic carboxylic acids is 1. The van der Waals surface area contributed by atoms with E-state index in [1.807, 2.05) is 0 Å². The van der Waals surface area contributed by atoms with Crippen LogP contribution < -0.4 is 44.6 Å². The van der Waals surface area contributed by atoms with E-state index in [4.69, 9.17) is 28.7 Å². The topological polar surface area (TPSA) is 300 Å². The van der Waals surface area contributed by atoms with Gasteiger partial charge in [-0.1, -0.05) is 42.5 Å². The fraction of sp³-hybridized carbons (Fsp3) is 0.400. The smallest absolute Gasteiger partial charge is 0.326 e. The monoisotopic (exact) mass is 640 g/mol. The van der Waals surface area contributed by atoms with Crippen LogP contribution in [0.1, 0.15) is 36.8 Å². The fourth-order valence-electron chi connectivity index (χ4n) is 4.37. The number of aliphatic imine (C=N–C) groups is 2. The Bertz CT molecular complexity index is 1350. The SMILES string of the molecule is NC(N)=NCCC[C@H](NC(=O)[C@H](Cc1ccc(O)cc1)NC(=O)[C@H](Cc1ccccc1)NC(=O)[C@@H](N)CCCN=C(N)N)C(=O)O. The van der Waals surface area contributed by atoms with Crippen LogP contribution in [0.5, 0.6) is 5.75 Å². The van der Waals surface area contributed by atoms with Crippen molar-refractivity contribution in [2.45, 2.75) is 62.7 Å². The number of nitrogens with two attached hydrogens (primary N) is 5. The Morgan fingerprint density at radius 1 is 0.652 bits per heavy atom. The number of aromatic hydroxyl groups is 1. The quantitative estimate of drug-likeness (QED) is 0.0462. The summed E-state index contributed by atoms with van der Waals surface area (Å²) in [6, 6.07) is 10.2. The Kier molecular flexibility index (Phi) is 15.3. The summed E-state index contributed by atoms with van der Waals surface area (Å²) in [5.41, 5.74) is 28.7. The van der Waals surface area contributed by atoms with E-state index in [1.165, 1.54) is 12.1 Å². The van der Waals surface area contributed by atoms with Crippen molar-refractivity contribution < 1.29 is 29.4 Å². The molecule has 2 rings (SSSR count). The van der Waals surface area contributed by atoms with Crippen LogP contribution >= 0.6 is 0 Å². The predicted molar refractivity (Wildman–Crippen MR) is 173 cm³/mol. The number of carbonyl (C=O) groups excluding carboxylic acids is 3. The number of guanidine groups is 2. The van der Waals surface area contributed by atoms with Gasteiger partial charge in [0.15, 0.2) is 11.9 Å². The molecule has 0 unspecified atom stereocenters. The van der Waals surface area contributed by atoms with Crippen molar-refractivity contribution in [3.63, 3.8) is 0 Å². The van der Waals surface area contributed by atoms with E-state index >= 15 is 0 Å². The molecule has 15 N–H and O–H groups in total. The highest BCUT2D eigenvalue weighted by Crippen LogP contribution is 2.13. The molecule has 0 aliphatic carbocycles. The van der Waals surface area contributed by atoms with Gasteiger partial charge in [-0.25, -0.2) is 4.79 Å². The maximum Gasteiger partial charge on any atom is 0.326 e. The second kappa shape index (κ2) is 19.1. The summed E-state index contributed by atoms with van der Waals surface area (Å²) in [6.45, 7) is 0.434. The van der Waals surface area contributed by atoms with Gasteiger partial charge in [0.25, 0.3) is 0 Å². The largest absolute Gasteiger partial charge is 0.508 e. The van der Waals surface area contributed by atoms with Crippen LogP contribution in [0.2, 0.25) is 0 Å². The average Bonchev–Trinajstić information content (AvgIpc) is 3.01. The molecular formula is C30H44N10O6. The molecule has 0 aliphatic rings. The first kappa shape index (κ1) is 36.8. The van der Waals surface area contributed by atoms with Gasteiger partial charge in [-0.2, -0.15) is 0 Å². The summed E-state index contributed by atoms with van der Waals surface area (Å²) in [5.74, 6) is -3.55. The molecule has 0 saturated heterocycles. The number of rotatable bonds is 19. The third-order valence-corrected chi connectivity index (χ3v) is 6.79. The first-order chi connectivity index (χ1) is 21.8. The highest BCUT2D eigenvalue weighted by molar-refractivity contribution is 5.94. The lowest BCUT2D eigenvalue weighted by Gasteiger charge is -2.25. The van der Waals surface area contributed by atoms with Crippen molar-refractivity contribution in [1.82, 2.24) is 16.0 Å². The van der Waals surface area contributed by atoms with E-state index in [-0.39, 0.29) is 62.9 Å². The number of nitrogens with zero attached hydrogens (tertiary/aromatic N) is 2. The predicted octanol–water partition coefficient (Wildman–Crippen LogP) is -1.85. The molecule has 0 heterocycles. The minimum Gasteiger partial charge on any atom is -0.508 e. The first-order valence-electron chi connectivity index (χ1n) is 14.7. The standard InChI is InChI=1S/C30H44N10O6/c31-21(8-4-14-36-29(32)33)25(42)39-23(16-18-6-2-1-3-7-18)27(44)40-24(17-19-10-12-20(41)13-11-19)26(43)38-22(28(45)46)9-5-15-37-30(34)35/h1-3,6-7,10-13,21-24,41H,4-5,8-9,14-17,31H2,(H,38,43)(H,39,42)(H,40,44)(H,45,46)(H4,32,33,36)(H4,34,35,37)/t21-,22-,23-,24-/m0/s1.